The Morgan fingerprint density at radius 3 is 1.32 bits per heavy atom. The molecule has 12 nitrogen and oxygen atoms in total. The van der Waals surface area contributed by atoms with Crippen LogP contribution in [0.1, 0.15) is 6.92 Å². The molecule has 8 atom stereocenters. The lowest BCUT2D eigenvalue weighted by atomic mass is 10.0. The summed E-state index contributed by atoms with van der Waals surface area (Å²) in [6.45, 7) is 0.181. The molecule has 170 valence electrons. The highest BCUT2D eigenvalue weighted by Gasteiger charge is 2.34. The van der Waals surface area contributed by atoms with Gasteiger partial charge in [0, 0.05) is 26.2 Å². The molecule has 28 heavy (non-hydrogen) atoms. The highest BCUT2D eigenvalue weighted by molar-refractivity contribution is 4.86. The molecule has 0 fully saturated rings. The lowest BCUT2D eigenvalue weighted by molar-refractivity contribution is -0.131. The van der Waals surface area contributed by atoms with E-state index in [0.29, 0.717) is 6.61 Å². The summed E-state index contributed by atoms with van der Waals surface area (Å²) < 4.78 is 5.18. The van der Waals surface area contributed by atoms with Gasteiger partial charge in [-0.05, 0) is 6.92 Å². The Morgan fingerprint density at radius 1 is 0.643 bits per heavy atom. The zero-order valence-electron chi connectivity index (χ0n) is 15.9. The highest BCUT2D eigenvalue weighted by atomic mass is 16.5. The number of hydrogen-bond donors (Lipinski definition) is 10. The molecular formula is C16H35NO11. The van der Waals surface area contributed by atoms with Crippen LogP contribution in [0.3, 0.4) is 0 Å². The first-order valence-electron chi connectivity index (χ1n) is 9.06. The summed E-state index contributed by atoms with van der Waals surface area (Å²) in [5.41, 5.74) is 0. The van der Waals surface area contributed by atoms with Crippen LogP contribution in [0.4, 0.5) is 0 Å². The van der Waals surface area contributed by atoms with Crippen LogP contribution in [0, 0.1) is 0 Å². The van der Waals surface area contributed by atoms with Crippen molar-refractivity contribution in [2.45, 2.75) is 55.8 Å². The third kappa shape index (κ3) is 9.35. The maximum atomic E-state index is 10.1. The minimum atomic E-state index is -1.81. The van der Waals surface area contributed by atoms with E-state index in [1.807, 2.05) is 0 Å². The average molecular weight is 417 g/mol. The van der Waals surface area contributed by atoms with Gasteiger partial charge in [-0.1, -0.05) is 0 Å². The quantitative estimate of drug-likeness (QED) is 0.106. The van der Waals surface area contributed by atoms with Crippen molar-refractivity contribution in [3.8, 4) is 0 Å². The van der Waals surface area contributed by atoms with Gasteiger partial charge in [-0.25, -0.2) is 0 Å². The monoisotopic (exact) mass is 417 g/mol. The Kier molecular flexibility index (Phi) is 14.2. The van der Waals surface area contributed by atoms with E-state index in [4.69, 9.17) is 14.9 Å². The second kappa shape index (κ2) is 14.5. The van der Waals surface area contributed by atoms with Crippen LogP contribution >= 0.6 is 0 Å². The first-order valence-corrected chi connectivity index (χ1v) is 9.06. The molecule has 0 aliphatic carbocycles. The summed E-state index contributed by atoms with van der Waals surface area (Å²) >= 11 is 0. The maximum absolute atomic E-state index is 10.1. The van der Waals surface area contributed by atoms with Crippen molar-refractivity contribution in [2.75, 3.05) is 46.1 Å². The molecule has 10 N–H and O–H groups in total. The van der Waals surface area contributed by atoms with E-state index in [-0.39, 0.29) is 26.2 Å². The average Bonchev–Trinajstić information content (AvgIpc) is 2.69. The Balaban J connectivity index is 4.96. The number of nitrogens with zero attached hydrogens (tertiary/aromatic N) is 1. The molecule has 0 radical (unpaired) electrons. The fourth-order valence-electron chi connectivity index (χ4n) is 2.47. The Labute approximate surface area is 163 Å². The van der Waals surface area contributed by atoms with Crippen LogP contribution < -0.4 is 0 Å². The minimum absolute atomic E-state index is 0.138. The molecule has 0 aromatic rings. The topological polar surface area (TPSA) is 215 Å². The van der Waals surface area contributed by atoms with Gasteiger partial charge in [0.1, 0.15) is 36.6 Å². The molecule has 12 heteroatoms. The zero-order chi connectivity index (χ0) is 21.9. The minimum Gasteiger partial charge on any atom is -0.394 e. The first-order chi connectivity index (χ1) is 13.1. The van der Waals surface area contributed by atoms with Crippen LogP contribution in [0.2, 0.25) is 0 Å². The summed E-state index contributed by atoms with van der Waals surface area (Å²) in [6, 6.07) is 0. The van der Waals surface area contributed by atoms with Gasteiger partial charge in [0.2, 0.25) is 0 Å². The predicted octanol–water partition coefficient (Wildman–Crippen LogP) is -5.80. The summed E-state index contributed by atoms with van der Waals surface area (Å²) in [6.07, 6.45) is -13.7. The van der Waals surface area contributed by atoms with Crippen molar-refractivity contribution in [3.63, 3.8) is 0 Å². The van der Waals surface area contributed by atoms with E-state index < -0.39 is 62.0 Å². The van der Waals surface area contributed by atoms with Gasteiger partial charge >= 0.3 is 0 Å². The Bertz CT molecular complexity index is 362. The SMILES string of the molecule is CCOCCN(C[C@@H](O)[C@@H](O)[C@H](O)[C@H](O)CO)C[C@@H](O)[C@@H](O)[C@H](O)[C@H](O)CO. The van der Waals surface area contributed by atoms with E-state index in [0.717, 1.165) is 0 Å². The van der Waals surface area contributed by atoms with Crippen LogP contribution in [0.25, 0.3) is 0 Å². The molecule has 0 aliphatic heterocycles. The molecule has 0 spiro atoms. The zero-order valence-corrected chi connectivity index (χ0v) is 15.9. The van der Waals surface area contributed by atoms with Crippen LogP contribution in [-0.4, -0.2) is 151 Å². The molecule has 0 rings (SSSR count). The number of ether oxygens (including phenoxy) is 1. The van der Waals surface area contributed by atoms with Gasteiger partial charge < -0.3 is 55.8 Å². The first kappa shape index (κ1) is 27.5. The Morgan fingerprint density at radius 2 is 1.00 bits per heavy atom. The van der Waals surface area contributed by atoms with E-state index in [1.165, 1.54) is 4.90 Å². The van der Waals surface area contributed by atoms with Crippen molar-refractivity contribution >= 4 is 0 Å². The normalized spacial score (nSPS) is 21.0. The lowest BCUT2D eigenvalue weighted by Gasteiger charge is -2.33. The molecule has 0 aromatic heterocycles. The molecule has 0 bridgehead atoms. The van der Waals surface area contributed by atoms with Crippen molar-refractivity contribution in [1.82, 2.24) is 4.90 Å². The molecule has 0 aromatic carbocycles. The van der Waals surface area contributed by atoms with Crippen molar-refractivity contribution in [2.24, 2.45) is 0 Å². The molecule has 0 heterocycles. The summed E-state index contributed by atoms with van der Waals surface area (Å²) in [4.78, 5) is 1.37. The standard InChI is InChI=1S/C16H35NO11/c1-2-28-4-3-17(5-9(20)13(24)15(26)11(22)7-18)6-10(21)14(25)16(27)12(23)8-19/h9-16,18-27H,2-8H2,1H3/t9-,10-,11-,12-,13-,14-,15-,16-/m1/s1. The van der Waals surface area contributed by atoms with E-state index >= 15 is 0 Å². The number of hydrogen-bond acceptors (Lipinski definition) is 12. The second-order valence-electron chi connectivity index (χ2n) is 6.55. The largest absolute Gasteiger partial charge is 0.394 e. The molecule has 0 saturated heterocycles. The molecule has 0 unspecified atom stereocenters. The predicted molar refractivity (Wildman–Crippen MR) is 95.2 cm³/mol. The van der Waals surface area contributed by atoms with Crippen LogP contribution in [0.5, 0.6) is 0 Å². The van der Waals surface area contributed by atoms with E-state index in [1.54, 1.807) is 6.92 Å². The van der Waals surface area contributed by atoms with Gasteiger partial charge in [0.25, 0.3) is 0 Å². The number of aliphatic hydroxyl groups excluding tert-OH is 10. The van der Waals surface area contributed by atoms with Gasteiger partial charge in [-0.2, -0.15) is 0 Å². The van der Waals surface area contributed by atoms with Crippen molar-refractivity contribution in [1.29, 1.82) is 0 Å². The molecule has 0 aliphatic rings. The maximum Gasteiger partial charge on any atom is 0.111 e. The highest BCUT2D eigenvalue weighted by Crippen LogP contribution is 2.10. The number of rotatable bonds is 16. The molecular weight excluding hydrogens is 382 g/mol. The van der Waals surface area contributed by atoms with Crippen molar-refractivity contribution in [3.05, 3.63) is 0 Å². The summed E-state index contributed by atoms with van der Waals surface area (Å²) in [5.74, 6) is 0. The van der Waals surface area contributed by atoms with Gasteiger partial charge in [0.05, 0.1) is 32.0 Å². The van der Waals surface area contributed by atoms with E-state index in [2.05, 4.69) is 0 Å². The van der Waals surface area contributed by atoms with Gasteiger partial charge in [0.15, 0.2) is 0 Å². The second-order valence-corrected chi connectivity index (χ2v) is 6.55. The van der Waals surface area contributed by atoms with Crippen LogP contribution in [0.15, 0.2) is 0 Å². The molecule has 0 saturated carbocycles. The molecule has 0 amide bonds. The fraction of sp³-hybridized carbons (Fsp3) is 1.00. The fourth-order valence-corrected chi connectivity index (χ4v) is 2.47. The smallest absolute Gasteiger partial charge is 0.111 e. The third-order valence-corrected chi connectivity index (χ3v) is 4.30. The third-order valence-electron chi connectivity index (χ3n) is 4.30. The van der Waals surface area contributed by atoms with Crippen molar-refractivity contribution < 1.29 is 55.8 Å². The van der Waals surface area contributed by atoms with Crippen LogP contribution in [-0.2, 0) is 4.74 Å². The number of aliphatic hydroxyl groups is 10. The van der Waals surface area contributed by atoms with Gasteiger partial charge in [-0.15, -0.1) is 0 Å². The van der Waals surface area contributed by atoms with E-state index in [9.17, 15) is 40.9 Å². The lowest BCUT2D eigenvalue weighted by Crippen LogP contribution is -2.53. The summed E-state index contributed by atoms with van der Waals surface area (Å²) in [7, 11) is 0. The summed E-state index contributed by atoms with van der Waals surface area (Å²) in [5, 5.41) is 95.7. The Hall–Kier alpha value is -0.480. The van der Waals surface area contributed by atoms with Gasteiger partial charge in [-0.3, -0.25) is 4.90 Å².